The summed E-state index contributed by atoms with van der Waals surface area (Å²) in [6, 6.07) is 0. The summed E-state index contributed by atoms with van der Waals surface area (Å²) >= 11 is 0. The number of aliphatic hydroxyl groups is 1. The number of nitrogens with zero attached hydrogens (tertiary/aromatic N) is 2. The summed E-state index contributed by atoms with van der Waals surface area (Å²) in [4.78, 5) is 13.8. The highest BCUT2D eigenvalue weighted by atomic mass is 19.4. The van der Waals surface area contributed by atoms with Crippen LogP contribution in [0.25, 0.3) is 0 Å². The lowest BCUT2D eigenvalue weighted by Crippen LogP contribution is -2.52. The zero-order valence-electron chi connectivity index (χ0n) is 20.9. The SMILES string of the molecule is C[C@@]1(O)CC[C@H]2C(CCC3C4[C@@H]5CCC[C@@H]5[C@H](C(=O)Cn5cc(C(F)(F)F)cn5)[C@@]4(C)CC[C@@H]32)C1. The molecule has 10 atom stereocenters. The van der Waals surface area contributed by atoms with Crippen LogP contribution in [0.3, 0.4) is 0 Å². The van der Waals surface area contributed by atoms with Gasteiger partial charge >= 0.3 is 6.18 Å². The molecule has 0 bridgehead atoms. The lowest BCUT2D eigenvalue weighted by atomic mass is 9.48. The third-order valence-corrected chi connectivity index (χ3v) is 11.4. The van der Waals surface area contributed by atoms with Crippen molar-refractivity contribution in [3.8, 4) is 0 Å². The minimum atomic E-state index is -4.44. The normalized spacial score (nSPS) is 47.0. The third-order valence-electron chi connectivity index (χ3n) is 11.4. The Morgan fingerprint density at radius 3 is 2.49 bits per heavy atom. The van der Waals surface area contributed by atoms with Gasteiger partial charge in [-0.25, -0.2) is 0 Å². The quantitative estimate of drug-likeness (QED) is 0.553. The highest BCUT2D eigenvalue weighted by Gasteiger charge is 2.66. The lowest BCUT2D eigenvalue weighted by Gasteiger charge is -2.57. The number of Topliss-reactive ketones (excluding diaryl/α,β-unsaturated/α-hetero) is 1. The van der Waals surface area contributed by atoms with Gasteiger partial charge in [0.1, 0.15) is 0 Å². The summed E-state index contributed by atoms with van der Waals surface area (Å²) in [7, 11) is 0. The van der Waals surface area contributed by atoms with Gasteiger partial charge in [0.2, 0.25) is 0 Å². The molecule has 1 aromatic rings. The molecule has 1 heterocycles. The lowest BCUT2D eigenvalue weighted by molar-refractivity contribution is -0.138. The van der Waals surface area contributed by atoms with Crippen molar-refractivity contribution in [2.45, 2.75) is 96.4 Å². The minimum absolute atomic E-state index is 0.0546. The molecule has 0 aromatic carbocycles. The van der Waals surface area contributed by atoms with Gasteiger partial charge in [0.05, 0.1) is 23.9 Å². The Morgan fingerprint density at radius 1 is 1.03 bits per heavy atom. The highest BCUT2D eigenvalue weighted by Crippen LogP contribution is 2.70. The maximum absolute atomic E-state index is 13.8. The van der Waals surface area contributed by atoms with Crippen LogP contribution < -0.4 is 0 Å². The number of carbonyl (C=O) groups is 1. The molecule has 5 fully saturated rings. The number of hydrogen-bond acceptors (Lipinski definition) is 3. The maximum Gasteiger partial charge on any atom is 0.419 e. The van der Waals surface area contributed by atoms with E-state index in [-0.39, 0.29) is 23.7 Å². The Bertz CT molecular complexity index is 987. The van der Waals surface area contributed by atoms with E-state index in [1.165, 1.54) is 23.9 Å². The average Bonchev–Trinajstić information content (AvgIpc) is 3.46. The van der Waals surface area contributed by atoms with E-state index in [0.29, 0.717) is 41.4 Å². The fourth-order valence-corrected chi connectivity index (χ4v) is 10.4. The van der Waals surface area contributed by atoms with Gasteiger partial charge in [-0.1, -0.05) is 13.3 Å². The van der Waals surface area contributed by atoms with Crippen LogP contribution >= 0.6 is 0 Å². The first-order valence-corrected chi connectivity index (χ1v) is 13.8. The predicted molar refractivity (Wildman–Crippen MR) is 125 cm³/mol. The van der Waals surface area contributed by atoms with Gasteiger partial charge < -0.3 is 5.11 Å². The summed E-state index contributed by atoms with van der Waals surface area (Å²) in [6.07, 6.45) is 8.37. The van der Waals surface area contributed by atoms with Crippen LogP contribution in [-0.4, -0.2) is 26.3 Å². The summed E-state index contributed by atoms with van der Waals surface area (Å²) in [5, 5.41) is 14.6. The molecule has 0 spiro atoms. The average molecular weight is 493 g/mol. The molecule has 6 rings (SSSR count). The molecule has 194 valence electrons. The van der Waals surface area contributed by atoms with E-state index < -0.39 is 17.3 Å². The van der Waals surface area contributed by atoms with Crippen molar-refractivity contribution < 1.29 is 23.1 Å². The molecule has 1 N–H and O–H groups in total. The van der Waals surface area contributed by atoms with Gasteiger partial charge in [-0.15, -0.1) is 0 Å². The zero-order chi connectivity index (χ0) is 24.8. The first kappa shape index (κ1) is 24.0. The maximum atomic E-state index is 13.8. The molecule has 4 nitrogen and oxygen atoms in total. The number of aromatic nitrogens is 2. The number of hydrogen-bond donors (Lipinski definition) is 1. The van der Waals surface area contributed by atoms with Crippen molar-refractivity contribution in [2.75, 3.05) is 0 Å². The van der Waals surface area contributed by atoms with Crippen molar-refractivity contribution in [1.82, 2.24) is 9.78 Å². The van der Waals surface area contributed by atoms with E-state index in [0.717, 1.165) is 57.3 Å². The fraction of sp³-hybridized carbons (Fsp3) is 0.857. The number of rotatable bonds is 3. The Morgan fingerprint density at radius 2 is 1.74 bits per heavy atom. The van der Waals surface area contributed by atoms with Crippen molar-refractivity contribution in [2.24, 2.45) is 52.8 Å². The Hall–Kier alpha value is -1.37. The van der Waals surface area contributed by atoms with Gasteiger partial charge in [0, 0.05) is 12.1 Å². The molecular weight excluding hydrogens is 453 g/mol. The van der Waals surface area contributed by atoms with Crippen molar-refractivity contribution in [1.29, 1.82) is 0 Å². The Labute approximate surface area is 206 Å². The first-order valence-electron chi connectivity index (χ1n) is 13.8. The van der Waals surface area contributed by atoms with E-state index in [4.69, 9.17) is 0 Å². The zero-order valence-corrected chi connectivity index (χ0v) is 20.9. The number of carbonyl (C=O) groups excluding carboxylic acids is 1. The number of ketones is 1. The van der Waals surface area contributed by atoms with E-state index in [1.54, 1.807) is 0 Å². The van der Waals surface area contributed by atoms with Crippen molar-refractivity contribution in [3.05, 3.63) is 18.0 Å². The molecule has 5 aliphatic carbocycles. The number of alkyl halides is 3. The second-order valence-corrected chi connectivity index (χ2v) is 13.3. The highest BCUT2D eigenvalue weighted by molar-refractivity contribution is 5.82. The summed E-state index contributed by atoms with van der Waals surface area (Å²) < 4.78 is 40.4. The van der Waals surface area contributed by atoms with Crippen LogP contribution in [0.4, 0.5) is 13.2 Å². The standard InChI is InChI=1S/C28H39F3N2O2/c1-26(35)10-8-18-16(12-26)6-7-22-19(18)9-11-27(2)24(22)20-4-3-5-21(20)25(27)23(34)15-33-14-17(13-32-33)28(29,30)31/h13-14,16,18-22,24-25,35H,3-12,15H2,1-2H3/t16?,18-,19+,20+,21-,22?,24?,25+,26+,27-/m0/s1. The minimum Gasteiger partial charge on any atom is -0.390 e. The van der Waals surface area contributed by atoms with E-state index in [9.17, 15) is 23.1 Å². The molecule has 3 unspecified atom stereocenters. The summed E-state index contributed by atoms with van der Waals surface area (Å²) in [5.74, 6) is 4.22. The predicted octanol–water partition coefficient (Wildman–Crippen LogP) is 6.13. The molecule has 35 heavy (non-hydrogen) atoms. The molecular formula is C28H39F3N2O2. The smallest absolute Gasteiger partial charge is 0.390 e. The van der Waals surface area contributed by atoms with Crippen LogP contribution in [-0.2, 0) is 17.5 Å². The van der Waals surface area contributed by atoms with Crippen molar-refractivity contribution in [3.63, 3.8) is 0 Å². The second-order valence-electron chi connectivity index (χ2n) is 13.3. The fourth-order valence-electron chi connectivity index (χ4n) is 10.4. The molecule has 5 saturated carbocycles. The topological polar surface area (TPSA) is 55.1 Å². The van der Waals surface area contributed by atoms with Crippen LogP contribution in [0.5, 0.6) is 0 Å². The monoisotopic (exact) mass is 492 g/mol. The van der Waals surface area contributed by atoms with Crippen LogP contribution in [0.15, 0.2) is 12.4 Å². The largest absolute Gasteiger partial charge is 0.419 e. The molecule has 0 radical (unpaired) electrons. The first-order chi connectivity index (χ1) is 16.5. The molecule has 5 aliphatic rings. The van der Waals surface area contributed by atoms with E-state index in [1.807, 2.05) is 6.92 Å². The third kappa shape index (κ3) is 3.81. The second kappa shape index (κ2) is 8.06. The Balaban J connectivity index is 1.25. The summed E-state index contributed by atoms with van der Waals surface area (Å²) in [5.41, 5.74) is -1.36. The molecule has 0 aliphatic heterocycles. The summed E-state index contributed by atoms with van der Waals surface area (Å²) in [6.45, 7) is 4.29. The van der Waals surface area contributed by atoms with Gasteiger partial charge in [0.25, 0.3) is 0 Å². The van der Waals surface area contributed by atoms with E-state index in [2.05, 4.69) is 12.0 Å². The molecule has 7 heteroatoms. The van der Waals surface area contributed by atoms with Gasteiger partial charge in [-0.2, -0.15) is 18.3 Å². The number of halogens is 3. The van der Waals surface area contributed by atoms with Crippen LogP contribution in [0.2, 0.25) is 0 Å². The molecule has 1 aromatic heterocycles. The van der Waals surface area contributed by atoms with Crippen molar-refractivity contribution >= 4 is 5.78 Å². The number of fused-ring (bicyclic) bond motifs is 7. The van der Waals surface area contributed by atoms with Gasteiger partial charge in [-0.05, 0) is 112 Å². The van der Waals surface area contributed by atoms with Gasteiger partial charge in [0.15, 0.2) is 5.78 Å². The molecule has 0 amide bonds. The van der Waals surface area contributed by atoms with Crippen LogP contribution in [0.1, 0.15) is 83.6 Å². The van der Waals surface area contributed by atoms with Crippen LogP contribution in [0, 0.1) is 52.8 Å². The van der Waals surface area contributed by atoms with Gasteiger partial charge in [-0.3, -0.25) is 9.48 Å². The van der Waals surface area contributed by atoms with E-state index >= 15 is 0 Å². The molecule has 0 saturated heterocycles. The Kier molecular flexibility index (Phi) is 5.53.